The van der Waals surface area contributed by atoms with Gasteiger partial charge in [-0.05, 0) is 42.5 Å². The number of halogens is 1. The van der Waals surface area contributed by atoms with Gasteiger partial charge in [-0.1, -0.05) is 12.1 Å². The van der Waals surface area contributed by atoms with Crippen molar-refractivity contribution in [2.24, 2.45) is 11.7 Å². The van der Waals surface area contributed by atoms with Crippen LogP contribution in [0.1, 0.15) is 18.4 Å². The van der Waals surface area contributed by atoms with E-state index in [1.54, 1.807) is 11.8 Å². The first-order valence-corrected chi connectivity index (χ1v) is 8.08. The van der Waals surface area contributed by atoms with Gasteiger partial charge in [0.2, 0.25) is 0 Å². The molecule has 0 aliphatic carbocycles. The summed E-state index contributed by atoms with van der Waals surface area (Å²) in [5, 5.41) is 9.22. The Kier molecular flexibility index (Phi) is 7.39. The van der Waals surface area contributed by atoms with Gasteiger partial charge < -0.3 is 10.8 Å². The molecule has 1 aromatic carbocycles. The molecular formula is C15H20FNO3S. The first-order valence-electron chi connectivity index (χ1n) is 6.68. The number of carboxylic acid groups (broad SMARTS) is 1. The fourth-order valence-corrected chi connectivity index (χ4v) is 2.44. The monoisotopic (exact) mass is 313 g/mol. The van der Waals surface area contributed by atoms with E-state index in [4.69, 9.17) is 5.73 Å². The van der Waals surface area contributed by atoms with Gasteiger partial charge in [0.1, 0.15) is 11.6 Å². The maximum absolute atomic E-state index is 12.8. The minimum absolute atomic E-state index is 0.0950. The van der Waals surface area contributed by atoms with Gasteiger partial charge >= 0.3 is 5.97 Å². The van der Waals surface area contributed by atoms with Gasteiger partial charge in [-0.3, -0.25) is 9.59 Å². The van der Waals surface area contributed by atoms with Crippen molar-refractivity contribution in [2.45, 2.75) is 25.3 Å². The van der Waals surface area contributed by atoms with Gasteiger partial charge in [0, 0.05) is 6.42 Å². The van der Waals surface area contributed by atoms with E-state index in [0.717, 1.165) is 5.75 Å². The number of benzene rings is 1. The van der Waals surface area contributed by atoms with Gasteiger partial charge in [-0.2, -0.15) is 11.8 Å². The molecule has 116 valence electrons. The lowest BCUT2D eigenvalue weighted by Crippen LogP contribution is -2.34. The van der Waals surface area contributed by atoms with Crippen LogP contribution in [-0.2, 0) is 16.0 Å². The minimum atomic E-state index is -1.04. The number of rotatable bonds is 9. The van der Waals surface area contributed by atoms with E-state index in [2.05, 4.69) is 0 Å². The van der Waals surface area contributed by atoms with E-state index in [0.29, 0.717) is 12.0 Å². The molecule has 1 rings (SSSR count). The third kappa shape index (κ3) is 6.27. The molecular weight excluding hydrogens is 293 g/mol. The van der Waals surface area contributed by atoms with Crippen LogP contribution >= 0.6 is 11.8 Å². The Hall–Kier alpha value is -1.40. The zero-order chi connectivity index (χ0) is 15.8. The Balaban J connectivity index is 2.63. The quantitative estimate of drug-likeness (QED) is 0.730. The summed E-state index contributed by atoms with van der Waals surface area (Å²) in [4.78, 5) is 23.2. The number of nitrogens with two attached hydrogens (primary N) is 1. The van der Waals surface area contributed by atoms with Crippen LogP contribution in [0.4, 0.5) is 4.39 Å². The Bertz CT molecular complexity index is 478. The molecule has 0 radical (unpaired) electrons. The number of Topliss-reactive ketones (excluding diaryl/α,β-unsaturated/α-hetero) is 1. The molecule has 0 aliphatic heterocycles. The van der Waals surface area contributed by atoms with Gasteiger partial charge in [-0.15, -0.1) is 0 Å². The number of carbonyl (C=O) groups excluding carboxylic acids is 1. The predicted molar refractivity (Wildman–Crippen MR) is 81.8 cm³/mol. The summed E-state index contributed by atoms with van der Waals surface area (Å²) >= 11 is 1.59. The van der Waals surface area contributed by atoms with Crippen LogP contribution in [0.2, 0.25) is 0 Å². The molecule has 0 aliphatic rings. The molecule has 1 aromatic rings. The molecule has 0 fully saturated rings. The first kappa shape index (κ1) is 17.7. The summed E-state index contributed by atoms with van der Waals surface area (Å²) in [5.41, 5.74) is 6.45. The number of carbonyl (C=O) groups is 2. The smallest absolute Gasteiger partial charge is 0.307 e. The zero-order valence-electron chi connectivity index (χ0n) is 11.9. The van der Waals surface area contributed by atoms with Crippen molar-refractivity contribution in [3.05, 3.63) is 35.6 Å². The third-order valence-corrected chi connectivity index (χ3v) is 3.88. The van der Waals surface area contributed by atoms with Crippen LogP contribution < -0.4 is 5.73 Å². The van der Waals surface area contributed by atoms with Crippen molar-refractivity contribution >= 4 is 23.5 Å². The normalized spacial score (nSPS) is 13.7. The summed E-state index contributed by atoms with van der Waals surface area (Å²) < 4.78 is 12.8. The van der Waals surface area contributed by atoms with E-state index in [1.165, 1.54) is 24.3 Å². The van der Waals surface area contributed by atoms with Crippen LogP contribution in [0.15, 0.2) is 24.3 Å². The van der Waals surface area contributed by atoms with Crippen LogP contribution in [0.25, 0.3) is 0 Å². The molecule has 0 saturated carbocycles. The fourth-order valence-electron chi connectivity index (χ4n) is 1.95. The summed E-state index contributed by atoms with van der Waals surface area (Å²) in [6.07, 6.45) is 2.56. The van der Waals surface area contributed by atoms with E-state index in [1.807, 2.05) is 6.26 Å². The van der Waals surface area contributed by atoms with E-state index in [9.17, 15) is 19.1 Å². The largest absolute Gasteiger partial charge is 0.481 e. The third-order valence-electron chi connectivity index (χ3n) is 3.24. The molecule has 21 heavy (non-hydrogen) atoms. The van der Waals surface area contributed by atoms with Crippen molar-refractivity contribution in [2.75, 3.05) is 12.0 Å². The second-order valence-electron chi connectivity index (χ2n) is 4.92. The molecule has 0 bridgehead atoms. The van der Waals surface area contributed by atoms with Gasteiger partial charge in [0.25, 0.3) is 0 Å². The van der Waals surface area contributed by atoms with E-state index >= 15 is 0 Å². The molecule has 0 heterocycles. The zero-order valence-corrected chi connectivity index (χ0v) is 12.7. The number of hydrogen-bond acceptors (Lipinski definition) is 4. The lowest BCUT2D eigenvalue weighted by atomic mass is 9.92. The SMILES string of the molecule is CSCC[C@H](N)C(=O)CC(Cc1ccc(F)cc1)C(=O)O. The summed E-state index contributed by atoms with van der Waals surface area (Å²) in [6, 6.07) is 5.00. The van der Waals surface area contributed by atoms with Gasteiger partial charge in [-0.25, -0.2) is 4.39 Å². The minimum Gasteiger partial charge on any atom is -0.481 e. The van der Waals surface area contributed by atoms with E-state index in [-0.39, 0.29) is 24.4 Å². The Morgan fingerprint density at radius 3 is 2.48 bits per heavy atom. The van der Waals surface area contributed by atoms with Crippen LogP contribution in [0.5, 0.6) is 0 Å². The number of carboxylic acids is 1. The fraction of sp³-hybridized carbons (Fsp3) is 0.467. The molecule has 0 saturated heterocycles. The highest BCUT2D eigenvalue weighted by molar-refractivity contribution is 7.98. The maximum atomic E-state index is 12.8. The Morgan fingerprint density at radius 2 is 1.95 bits per heavy atom. The highest BCUT2D eigenvalue weighted by Crippen LogP contribution is 2.15. The van der Waals surface area contributed by atoms with Crippen LogP contribution in [0, 0.1) is 11.7 Å². The Morgan fingerprint density at radius 1 is 1.33 bits per heavy atom. The predicted octanol–water partition coefficient (Wildman–Crippen LogP) is 2.11. The maximum Gasteiger partial charge on any atom is 0.307 e. The lowest BCUT2D eigenvalue weighted by Gasteiger charge is -2.15. The van der Waals surface area contributed by atoms with Crippen molar-refractivity contribution in [1.82, 2.24) is 0 Å². The summed E-state index contributed by atoms with van der Waals surface area (Å²) in [5.74, 6) is -1.71. The van der Waals surface area contributed by atoms with Crippen molar-refractivity contribution in [1.29, 1.82) is 0 Å². The molecule has 4 nitrogen and oxygen atoms in total. The molecule has 0 amide bonds. The molecule has 1 unspecified atom stereocenters. The first-order chi connectivity index (χ1) is 9.93. The average Bonchev–Trinajstić information content (AvgIpc) is 2.45. The second-order valence-corrected chi connectivity index (χ2v) is 5.91. The lowest BCUT2D eigenvalue weighted by molar-refractivity contribution is -0.143. The molecule has 2 atom stereocenters. The standard InChI is InChI=1S/C15H20FNO3S/c1-21-7-6-13(17)14(18)9-11(15(19)20)8-10-2-4-12(16)5-3-10/h2-5,11,13H,6-9,17H2,1H3,(H,19,20)/t11?,13-/m0/s1. The Labute approximate surface area is 127 Å². The summed E-state index contributed by atoms with van der Waals surface area (Å²) in [7, 11) is 0. The second kappa shape index (κ2) is 8.79. The van der Waals surface area contributed by atoms with Crippen LogP contribution in [-0.4, -0.2) is 34.9 Å². The number of hydrogen-bond donors (Lipinski definition) is 2. The van der Waals surface area contributed by atoms with Crippen molar-refractivity contribution in [3.8, 4) is 0 Å². The topological polar surface area (TPSA) is 80.4 Å². The van der Waals surface area contributed by atoms with Gasteiger partial charge in [0.05, 0.1) is 12.0 Å². The highest BCUT2D eigenvalue weighted by Gasteiger charge is 2.24. The molecule has 3 N–H and O–H groups in total. The summed E-state index contributed by atoms with van der Waals surface area (Å²) in [6.45, 7) is 0. The van der Waals surface area contributed by atoms with Crippen LogP contribution in [0.3, 0.4) is 0 Å². The highest BCUT2D eigenvalue weighted by atomic mass is 32.2. The molecule has 0 aromatic heterocycles. The number of thioether (sulfide) groups is 1. The number of ketones is 1. The van der Waals surface area contributed by atoms with Gasteiger partial charge in [0.15, 0.2) is 0 Å². The van der Waals surface area contributed by atoms with Crippen molar-refractivity contribution < 1.29 is 19.1 Å². The van der Waals surface area contributed by atoms with Crippen molar-refractivity contribution in [3.63, 3.8) is 0 Å². The number of aliphatic carboxylic acids is 1. The molecule has 6 heteroatoms. The van der Waals surface area contributed by atoms with E-state index < -0.39 is 17.9 Å². The molecule has 0 spiro atoms. The average molecular weight is 313 g/mol.